The average molecular weight is 270 g/mol. The van der Waals surface area contributed by atoms with E-state index in [1.165, 1.54) is 6.08 Å². The highest BCUT2D eigenvalue weighted by Gasteiger charge is 2.43. The maximum absolute atomic E-state index is 12.2. The van der Waals surface area contributed by atoms with Crippen LogP contribution in [0.4, 0.5) is 0 Å². The lowest BCUT2D eigenvalue weighted by Gasteiger charge is -2.37. The third-order valence-corrected chi connectivity index (χ3v) is 3.39. The summed E-state index contributed by atoms with van der Waals surface area (Å²) in [6, 6.07) is 7.43. The van der Waals surface area contributed by atoms with E-state index in [1.54, 1.807) is 25.3 Å². The van der Waals surface area contributed by atoms with Crippen LogP contribution in [-0.4, -0.2) is 19.5 Å². The number of benzene rings is 1. The molecule has 0 radical (unpaired) electrons. The molecule has 0 saturated carbocycles. The second-order valence-electron chi connectivity index (χ2n) is 4.54. The number of fused-ring (bicyclic) bond motifs is 1. The third-order valence-electron chi connectivity index (χ3n) is 3.39. The molecular weight excluding hydrogens is 252 g/mol. The SMILES string of the molecule is C=CCOC1(CC=C)C(OC)=CC(=O)c2ccccc21. The van der Waals surface area contributed by atoms with E-state index in [-0.39, 0.29) is 5.78 Å². The van der Waals surface area contributed by atoms with Gasteiger partial charge >= 0.3 is 0 Å². The zero-order valence-corrected chi connectivity index (χ0v) is 11.6. The second kappa shape index (κ2) is 5.88. The number of allylic oxidation sites excluding steroid dienone is 1. The van der Waals surface area contributed by atoms with Crippen molar-refractivity contribution in [2.75, 3.05) is 13.7 Å². The van der Waals surface area contributed by atoms with Crippen LogP contribution in [0.3, 0.4) is 0 Å². The minimum Gasteiger partial charge on any atom is -0.497 e. The molecule has 0 fully saturated rings. The number of rotatable bonds is 6. The van der Waals surface area contributed by atoms with Crippen molar-refractivity contribution >= 4 is 5.78 Å². The molecule has 0 bridgehead atoms. The van der Waals surface area contributed by atoms with Gasteiger partial charge in [0.25, 0.3) is 0 Å². The largest absolute Gasteiger partial charge is 0.497 e. The molecular formula is C17H18O3. The molecule has 0 N–H and O–H groups in total. The molecule has 3 heteroatoms. The lowest BCUT2D eigenvalue weighted by molar-refractivity contribution is -0.0420. The zero-order valence-electron chi connectivity index (χ0n) is 11.6. The Morgan fingerprint density at radius 3 is 2.65 bits per heavy atom. The smallest absolute Gasteiger partial charge is 0.189 e. The number of ether oxygens (including phenoxy) is 2. The van der Waals surface area contributed by atoms with Crippen LogP contribution in [-0.2, 0) is 15.1 Å². The van der Waals surface area contributed by atoms with Crippen molar-refractivity contribution in [3.05, 3.63) is 72.5 Å². The van der Waals surface area contributed by atoms with Crippen LogP contribution in [0.1, 0.15) is 22.3 Å². The monoisotopic (exact) mass is 270 g/mol. The van der Waals surface area contributed by atoms with Crippen LogP contribution < -0.4 is 0 Å². The van der Waals surface area contributed by atoms with Gasteiger partial charge in [0.1, 0.15) is 5.76 Å². The van der Waals surface area contributed by atoms with Crippen LogP contribution in [0, 0.1) is 0 Å². The van der Waals surface area contributed by atoms with Gasteiger partial charge in [0.2, 0.25) is 0 Å². The number of ketones is 1. The molecule has 20 heavy (non-hydrogen) atoms. The Morgan fingerprint density at radius 2 is 2.00 bits per heavy atom. The van der Waals surface area contributed by atoms with E-state index < -0.39 is 5.60 Å². The van der Waals surface area contributed by atoms with Gasteiger partial charge in [0.15, 0.2) is 11.4 Å². The van der Waals surface area contributed by atoms with Gasteiger partial charge in [-0.2, -0.15) is 0 Å². The number of hydrogen-bond acceptors (Lipinski definition) is 3. The molecule has 2 rings (SSSR count). The first-order valence-corrected chi connectivity index (χ1v) is 6.45. The van der Waals surface area contributed by atoms with Crippen LogP contribution >= 0.6 is 0 Å². The maximum atomic E-state index is 12.2. The molecule has 1 unspecified atom stereocenters. The second-order valence-corrected chi connectivity index (χ2v) is 4.54. The third kappa shape index (κ3) is 2.21. The summed E-state index contributed by atoms with van der Waals surface area (Å²) in [5.41, 5.74) is 0.639. The van der Waals surface area contributed by atoms with E-state index in [2.05, 4.69) is 13.2 Å². The van der Waals surface area contributed by atoms with Crippen molar-refractivity contribution in [3.8, 4) is 0 Å². The van der Waals surface area contributed by atoms with Crippen LogP contribution in [0.2, 0.25) is 0 Å². The van der Waals surface area contributed by atoms with Gasteiger partial charge in [0, 0.05) is 23.6 Å². The molecule has 1 aliphatic carbocycles. The van der Waals surface area contributed by atoms with Crippen LogP contribution in [0.15, 0.2) is 61.4 Å². The number of carbonyl (C=O) groups is 1. The highest BCUT2D eigenvalue weighted by Crippen LogP contribution is 2.42. The predicted octanol–water partition coefficient (Wildman–Crippen LogP) is 3.39. The lowest BCUT2D eigenvalue weighted by atomic mass is 9.79. The summed E-state index contributed by atoms with van der Waals surface area (Å²) in [4.78, 5) is 12.2. The van der Waals surface area contributed by atoms with Crippen molar-refractivity contribution < 1.29 is 14.3 Å². The fourth-order valence-electron chi connectivity index (χ4n) is 2.54. The fourth-order valence-corrected chi connectivity index (χ4v) is 2.54. The maximum Gasteiger partial charge on any atom is 0.189 e. The number of carbonyl (C=O) groups excluding carboxylic acids is 1. The lowest BCUT2D eigenvalue weighted by Crippen LogP contribution is -2.37. The molecule has 1 aliphatic rings. The minimum atomic E-state index is -0.810. The topological polar surface area (TPSA) is 35.5 Å². The Morgan fingerprint density at radius 1 is 1.25 bits per heavy atom. The molecule has 1 aromatic carbocycles. The van der Waals surface area contributed by atoms with Gasteiger partial charge in [-0.25, -0.2) is 0 Å². The molecule has 0 aromatic heterocycles. The molecule has 3 nitrogen and oxygen atoms in total. The molecule has 0 saturated heterocycles. The first kappa shape index (κ1) is 14.3. The Hall–Kier alpha value is -2.13. The Balaban J connectivity index is 2.64. The van der Waals surface area contributed by atoms with Crippen molar-refractivity contribution in [2.24, 2.45) is 0 Å². The Labute approximate surface area is 119 Å². The summed E-state index contributed by atoms with van der Waals surface area (Å²) in [6.07, 6.45) is 5.46. The predicted molar refractivity (Wildman–Crippen MR) is 78.5 cm³/mol. The van der Waals surface area contributed by atoms with E-state index in [0.717, 1.165) is 5.56 Å². The molecule has 0 aliphatic heterocycles. The molecule has 0 amide bonds. The van der Waals surface area contributed by atoms with Crippen molar-refractivity contribution in [3.63, 3.8) is 0 Å². The fraction of sp³-hybridized carbons (Fsp3) is 0.235. The Kier molecular flexibility index (Phi) is 4.20. The van der Waals surface area contributed by atoms with E-state index in [0.29, 0.717) is 24.4 Å². The summed E-state index contributed by atoms with van der Waals surface area (Å²) in [5.74, 6) is 0.433. The van der Waals surface area contributed by atoms with Crippen LogP contribution in [0.5, 0.6) is 0 Å². The molecule has 104 valence electrons. The van der Waals surface area contributed by atoms with Crippen molar-refractivity contribution in [1.29, 1.82) is 0 Å². The van der Waals surface area contributed by atoms with E-state index >= 15 is 0 Å². The number of methoxy groups -OCH3 is 1. The minimum absolute atomic E-state index is 0.0701. The van der Waals surface area contributed by atoms with E-state index in [4.69, 9.17) is 9.47 Å². The van der Waals surface area contributed by atoms with Gasteiger partial charge in [-0.1, -0.05) is 36.4 Å². The van der Waals surface area contributed by atoms with Crippen molar-refractivity contribution in [1.82, 2.24) is 0 Å². The van der Waals surface area contributed by atoms with Gasteiger partial charge < -0.3 is 9.47 Å². The summed E-state index contributed by atoms with van der Waals surface area (Å²) in [6.45, 7) is 7.83. The van der Waals surface area contributed by atoms with Crippen LogP contribution in [0.25, 0.3) is 0 Å². The summed E-state index contributed by atoms with van der Waals surface area (Å²) >= 11 is 0. The van der Waals surface area contributed by atoms with Crippen molar-refractivity contribution in [2.45, 2.75) is 12.0 Å². The standard InChI is InChI=1S/C17H18O3/c1-4-10-17(20-11-5-2)14-9-7-6-8-13(14)15(18)12-16(17)19-3/h4-9,12H,1-2,10-11H2,3H3. The average Bonchev–Trinajstić information content (AvgIpc) is 2.48. The van der Waals surface area contributed by atoms with Gasteiger partial charge in [-0.05, 0) is 0 Å². The molecule has 1 atom stereocenters. The quantitative estimate of drug-likeness (QED) is 0.743. The first-order valence-electron chi connectivity index (χ1n) is 6.45. The molecule has 1 aromatic rings. The Bertz CT molecular complexity index is 571. The normalized spacial score (nSPS) is 20.9. The van der Waals surface area contributed by atoms with Gasteiger partial charge in [-0.3, -0.25) is 4.79 Å². The van der Waals surface area contributed by atoms with E-state index in [1.807, 2.05) is 18.2 Å². The van der Waals surface area contributed by atoms with E-state index in [9.17, 15) is 4.79 Å². The summed E-state index contributed by atoms with van der Waals surface area (Å²) < 4.78 is 11.4. The summed E-state index contributed by atoms with van der Waals surface area (Å²) in [5, 5.41) is 0. The first-order chi connectivity index (χ1) is 9.69. The summed E-state index contributed by atoms with van der Waals surface area (Å²) in [7, 11) is 1.54. The zero-order chi connectivity index (χ0) is 14.6. The molecule has 0 spiro atoms. The highest BCUT2D eigenvalue weighted by molar-refractivity contribution is 6.07. The van der Waals surface area contributed by atoms with Gasteiger partial charge in [0.05, 0.1) is 13.7 Å². The van der Waals surface area contributed by atoms with Gasteiger partial charge in [-0.15, -0.1) is 13.2 Å². The number of hydrogen-bond donors (Lipinski definition) is 0. The molecule has 0 heterocycles. The highest BCUT2D eigenvalue weighted by atomic mass is 16.5.